The van der Waals surface area contributed by atoms with Gasteiger partial charge in [-0.15, -0.1) is 0 Å². The highest BCUT2D eigenvalue weighted by atomic mass is 35.5. The molecule has 5 nitrogen and oxygen atoms in total. The van der Waals surface area contributed by atoms with Gasteiger partial charge in [0.2, 0.25) is 0 Å². The fraction of sp³-hybridized carbons (Fsp3) is 0.286. The van der Waals surface area contributed by atoms with E-state index in [4.69, 9.17) is 51.8 Å². The van der Waals surface area contributed by atoms with Crippen molar-refractivity contribution in [3.63, 3.8) is 0 Å². The van der Waals surface area contributed by atoms with Gasteiger partial charge in [-0.25, -0.2) is 0 Å². The van der Waals surface area contributed by atoms with Gasteiger partial charge in [0, 0.05) is 19.9 Å². The lowest BCUT2D eigenvalue weighted by molar-refractivity contribution is 0.204. The van der Waals surface area contributed by atoms with Crippen LogP contribution in [-0.2, 0) is 11.3 Å². The van der Waals surface area contributed by atoms with Gasteiger partial charge in [0.15, 0.2) is 10.9 Å². The number of anilines is 1. The maximum absolute atomic E-state index is 6.17. The highest BCUT2D eigenvalue weighted by Gasteiger charge is 2.09. The molecule has 2 aromatic rings. The molecule has 1 heterocycles. The number of rotatable bonds is 6. The first-order valence-corrected chi connectivity index (χ1v) is 8.24. The Kier molecular flexibility index (Phi) is 6.92. The third-order valence-corrected chi connectivity index (χ3v) is 4.13. The zero-order valence-electron chi connectivity index (χ0n) is 12.3. The standard InChI is InChI=1S/C14H15Cl3N4OS/c1-22-5-4-18-14(23)19-13-12(17)8-21(20-13)7-9-2-3-10(15)11(16)6-9/h2-3,6,8H,4-5,7H2,1H3,(H2,18,19,20,23). The molecule has 2 rings (SSSR count). The van der Waals surface area contributed by atoms with Crippen molar-refractivity contribution < 1.29 is 4.74 Å². The summed E-state index contributed by atoms with van der Waals surface area (Å²) in [5.41, 5.74) is 0.964. The number of benzene rings is 1. The highest BCUT2D eigenvalue weighted by molar-refractivity contribution is 7.80. The van der Waals surface area contributed by atoms with Crippen molar-refractivity contribution in [2.24, 2.45) is 0 Å². The fourth-order valence-electron chi connectivity index (χ4n) is 1.81. The minimum Gasteiger partial charge on any atom is -0.383 e. The van der Waals surface area contributed by atoms with Crippen LogP contribution in [-0.4, -0.2) is 35.2 Å². The third-order valence-electron chi connectivity index (χ3n) is 2.87. The lowest BCUT2D eigenvalue weighted by atomic mass is 10.2. The SMILES string of the molecule is COCCNC(=S)Nc1nn(Cc2ccc(Cl)c(Cl)c2)cc1Cl. The number of aromatic nitrogens is 2. The van der Waals surface area contributed by atoms with Gasteiger partial charge in [0.1, 0.15) is 5.02 Å². The van der Waals surface area contributed by atoms with Crippen molar-refractivity contribution in [2.75, 3.05) is 25.6 Å². The van der Waals surface area contributed by atoms with Crippen LogP contribution in [0.4, 0.5) is 5.82 Å². The van der Waals surface area contributed by atoms with Crippen LogP contribution in [0.15, 0.2) is 24.4 Å². The second-order valence-corrected chi connectivity index (χ2v) is 6.28. The molecule has 0 unspecified atom stereocenters. The predicted octanol–water partition coefficient (Wildman–Crippen LogP) is 3.82. The van der Waals surface area contributed by atoms with Gasteiger partial charge < -0.3 is 15.4 Å². The number of nitrogens with one attached hydrogen (secondary N) is 2. The van der Waals surface area contributed by atoms with Crippen LogP contribution in [0.2, 0.25) is 15.1 Å². The number of halogens is 3. The van der Waals surface area contributed by atoms with Crippen LogP contribution in [0.3, 0.4) is 0 Å². The van der Waals surface area contributed by atoms with E-state index in [0.29, 0.717) is 45.7 Å². The Morgan fingerprint density at radius 1 is 1.26 bits per heavy atom. The molecule has 0 radical (unpaired) electrons. The summed E-state index contributed by atoms with van der Waals surface area (Å²) in [5, 5.41) is 12.2. The Bertz CT molecular complexity index is 693. The Labute approximate surface area is 154 Å². The Morgan fingerprint density at radius 2 is 2.04 bits per heavy atom. The predicted molar refractivity (Wildman–Crippen MR) is 98.9 cm³/mol. The van der Waals surface area contributed by atoms with Crippen molar-refractivity contribution in [3.05, 3.63) is 45.0 Å². The summed E-state index contributed by atoms with van der Waals surface area (Å²) in [5.74, 6) is 0.488. The second kappa shape index (κ2) is 8.70. The van der Waals surface area contributed by atoms with Crippen LogP contribution in [0.5, 0.6) is 0 Å². The van der Waals surface area contributed by atoms with Crippen molar-refractivity contribution in [1.82, 2.24) is 15.1 Å². The quantitative estimate of drug-likeness (QED) is 0.577. The van der Waals surface area contributed by atoms with Crippen LogP contribution in [0.25, 0.3) is 0 Å². The minimum absolute atomic E-state index is 0.434. The van der Waals surface area contributed by atoms with Crippen LogP contribution < -0.4 is 10.6 Å². The average molecular weight is 394 g/mol. The van der Waals surface area contributed by atoms with E-state index in [-0.39, 0.29) is 0 Å². The molecule has 9 heteroatoms. The zero-order chi connectivity index (χ0) is 16.8. The first-order valence-electron chi connectivity index (χ1n) is 6.70. The van der Waals surface area contributed by atoms with Crippen molar-refractivity contribution >= 4 is 58.0 Å². The number of nitrogens with zero attached hydrogens (tertiary/aromatic N) is 2. The van der Waals surface area contributed by atoms with E-state index < -0.39 is 0 Å². The molecule has 23 heavy (non-hydrogen) atoms. The van der Waals surface area contributed by atoms with Crippen LogP contribution in [0, 0.1) is 0 Å². The normalized spacial score (nSPS) is 10.6. The molecule has 0 aliphatic rings. The first kappa shape index (κ1) is 18.3. The molecule has 2 N–H and O–H groups in total. The molecule has 0 aliphatic carbocycles. The molecule has 0 amide bonds. The number of methoxy groups -OCH3 is 1. The van der Waals surface area contributed by atoms with Gasteiger partial charge in [-0.3, -0.25) is 4.68 Å². The molecule has 0 saturated carbocycles. The lowest BCUT2D eigenvalue weighted by Gasteiger charge is -2.08. The van der Waals surface area contributed by atoms with Gasteiger partial charge in [-0.2, -0.15) is 5.10 Å². The first-order chi connectivity index (χ1) is 11.0. The molecule has 0 atom stereocenters. The lowest BCUT2D eigenvalue weighted by Crippen LogP contribution is -2.31. The van der Waals surface area contributed by atoms with Gasteiger partial charge in [-0.05, 0) is 29.9 Å². The van der Waals surface area contributed by atoms with Gasteiger partial charge in [0.05, 0.1) is 23.2 Å². The molecule has 1 aromatic carbocycles. The number of ether oxygens (including phenoxy) is 1. The molecule has 0 aliphatic heterocycles. The van der Waals surface area contributed by atoms with Crippen molar-refractivity contribution in [3.8, 4) is 0 Å². The van der Waals surface area contributed by atoms with Crippen molar-refractivity contribution in [2.45, 2.75) is 6.54 Å². The van der Waals surface area contributed by atoms with Gasteiger partial charge in [-0.1, -0.05) is 40.9 Å². The molecule has 0 spiro atoms. The molecular formula is C14H15Cl3N4OS. The van der Waals surface area contributed by atoms with Crippen LogP contribution >= 0.6 is 47.0 Å². The summed E-state index contributed by atoms with van der Waals surface area (Å²) < 4.78 is 6.64. The van der Waals surface area contributed by atoms with E-state index in [1.165, 1.54) is 0 Å². The Balaban J connectivity index is 2.00. The number of hydrogen-bond donors (Lipinski definition) is 2. The summed E-state index contributed by atoms with van der Waals surface area (Å²) in [6.07, 6.45) is 1.71. The smallest absolute Gasteiger partial charge is 0.173 e. The molecule has 1 aromatic heterocycles. The van der Waals surface area contributed by atoms with Crippen LogP contribution in [0.1, 0.15) is 5.56 Å². The van der Waals surface area contributed by atoms with Gasteiger partial charge >= 0.3 is 0 Å². The zero-order valence-corrected chi connectivity index (χ0v) is 15.4. The van der Waals surface area contributed by atoms with E-state index in [2.05, 4.69) is 15.7 Å². The number of hydrogen-bond acceptors (Lipinski definition) is 3. The summed E-state index contributed by atoms with van der Waals surface area (Å²) in [7, 11) is 1.62. The monoisotopic (exact) mass is 392 g/mol. The van der Waals surface area contributed by atoms with Crippen molar-refractivity contribution in [1.29, 1.82) is 0 Å². The molecule has 0 fully saturated rings. The average Bonchev–Trinajstić information content (AvgIpc) is 2.83. The third kappa shape index (κ3) is 5.51. The molecule has 0 bridgehead atoms. The molecular weight excluding hydrogens is 379 g/mol. The van der Waals surface area contributed by atoms with E-state index >= 15 is 0 Å². The fourth-order valence-corrected chi connectivity index (χ4v) is 2.52. The van der Waals surface area contributed by atoms with E-state index in [1.807, 2.05) is 6.07 Å². The second-order valence-electron chi connectivity index (χ2n) is 4.65. The maximum atomic E-state index is 6.17. The highest BCUT2D eigenvalue weighted by Crippen LogP contribution is 2.24. The summed E-state index contributed by atoms with van der Waals surface area (Å²) in [6, 6.07) is 5.43. The van der Waals surface area contributed by atoms with E-state index in [0.717, 1.165) is 5.56 Å². The Morgan fingerprint density at radius 3 is 2.74 bits per heavy atom. The Hall–Kier alpha value is -1.05. The number of thiocarbonyl (C=S) groups is 1. The minimum atomic E-state index is 0.434. The van der Waals surface area contributed by atoms with Gasteiger partial charge in [0.25, 0.3) is 0 Å². The molecule has 124 valence electrons. The molecule has 0 saturated heterocycles. The summed E-state index contributed by atoms with van der Waals surface area (Å²) in [4.78, 5) is 0. The van der Waals surface area contributed by atoms with E-state index in [1.54, 1.807) is 30.1 Å². The summed E-state index contributed by atoms with van der Waals surface area (Å²) in [6.45, 7) is 1.67. The maximum Gasteiger partial charge on any atom is 0.173 e. The topological polar surface area (TPSA) is 51.1 Å². The largest absolute Gasteiger partial charge is 0.383 e. The summed E-state index contributed by atoms with van der Waals surface area (Å²) >= 11 is 23.2. The van der Waals surface area contributed by atoms with E-state index in [9.17, 15) is 0 Å².